The number of anilines is 6. The predicted octanol–water partition coefficient (Wildman–Crippen LogP) is 12.3. The molecule has 0 aliphatic carbocycles. The molecule has 2 aliphatic heterocycles. The molecule has 2 aliphatic rings. The lowest BCUT2D eigenvalue weighted by atomic mass is 9.33. The molecule has 11 aromatic rings. The van der Waals surface area contributed by atoms with Crippen LogP contribution in [0.5, 0.6) is 0 Å². The molecule has 0 unspecified atom stereocenters. The zero-order chi connectivity index (χ0) is 37.9. The number of benzene rings is 9. The van der Waals surface area contributed by atoms with Gasteiger partial charge >= 0.3 is 0 Å². The molecule has 0 saturated carbocycles. The van der Waals surface area contributed by atoms with Crippen LogP contribution in [0.15, 0.2) is 206 Å². The van der Waals surface area contributed by atoms with Crippen molar-refractivity contribution in [3.05, 3.63) is 206 Å². The van der Waals surface area contributed by atoms with E-state index < -0.39 is 0 Å². The number of hydrogen-bond donors (Lipinski definition) is 0. The van der Waals surface area contributed by atoms with E-state index in [1.165, 1.54) is 99.5 Å². The van der Waals surface area contributed by atoms with E-state index in [9.17, 15) is 0 Å². The van der Waals surface area contributed by atoms with Crippen molar-refractivity contribution in [3.63, 3.8) is 0 Å². The Morgan fingerprint density at radius 2 is 0.845 bits per heavy atom. The third kappa shape index (κ3) is 4.29. The molecule has 0 N–H and O–H groups in total. The number of para-hydroxylation sites is 3. The Kier molecular flexibility index (Phi) is 6.53. The van der Waals surface area contributed by atoms with Gasteiger partial charge in [-0.2, -0.15) is 0 Å². The molecule has 0 fully saturated rings. The molecular weight excluding hydrogens is 701 g/mol. The van der Waals surface area contributed by atoms with Gasteiger partial charge in [-0.15, -0.1) is 0 Å². The van der Waals surface area contributed by atoms with Crippen molar-refractivity contribution in [2.24, 2.45) is 0 Å². The Bertz CT molecular complexity index is 3390. The molecule has 3 nitrogen and oxygen atoms in total. The van der Waals surface area contributed by atoms with Crippen molar-refractivity contribution >= 4 is 95.3 Å². The fourth-order valence-corrected chi connectivity index (χ4v) is 10.3. The molecule has 9 aromatic carbocycles. The van der Waals surface area contributed by atoms with E-state index in [1.807, 2.05) is 0 Å². The lowest BCUT2D eigenvalue weighted by Gasteiger charge is -2.44. The molecule has 58 heavy (non-hydrogen) atoms. The van der Waals surface area contributed by atoms with Crippen LogP contribution in [0.25, 0.3) is 60.3 Å². The van der Waals surface area contributed by atoms with Crippen molar-refractivity contribution in [1.82, 2.24) is 4.40 Å². The van der Waals surface area contributed by atoms with Crippen molar-refractivity contribution < 1.29 is 0 Å². The molecular formula is C54H34BN3. The lowest BCUT2D eigenvalue weighted by Crippen LogP contribution is -2.61. The Balaban J connectivity index is 1.12. The third-order valence-electron chi connectivity index (χ3n) is 12.7. The first kappa shape index (κ1) is 31.6. The average Bonchev–Trinajstić information content (AvgIpc) is 3.82. The van der Waals surface area contributed by atoms with E-state index in [-0.39, 0.29) is 6.71 Å². The van der Waals surface area contributed by atoms with Crippen molar-refractivity contribution in [3.8, 4) is 22.3 Å². The fourth-order valence-electron chi connectivity index (χ4n) is 10.3. The minimum absolute atomic E-state index is 0.0209. The standard InChI is InChI=1S/C54H34BN3/c1-3-14-35(15-4-1)37-26-30-39(31-27-37)56-48-23-12-9-20-44(48)55-45-34-43-41-18-7-10-21-46(41)58-47-22-11-8-19-42(47)51(53(43)58)54(45)57(50-25-13-24-49(56)52(50)55)40-32-28-38(29-33-40)36-16-5-2-6-17-36/h1-34H. The summed E-state index contributed by atoms with van der Waals surface area (Å²) in [7, 11) is 0. The topological polar surface area (TPSA) is 10.9 Å². The normalized spacial score (nSPS) is 13.1. The monoisotopic (exact) mass is 735 g/mol. The van der Waals surface area contributed by atoms with Gasteiger partial charge in [-0.25, -0.2) is 0 Å². The number of hydrogen-bond acceptors (Lipinski definition) is 2. The maximum Gasteiger partial charge on any atom is 0.252 e. The summed E-state index contributed by atoms with van der Waals surface area (Å²) in [5.41, 5.74) is 19.8. The second kappa shape index (κ2) is 12.0. The van der Waals surface area contributed by atoms with Crippen LogP contribution in [0.2, 0.25) is 0 Å². The molecule has 268 valence electrons. The molecule has 2 aromatic heterocycles. The van der Waals surface area contributed by atoms with Gasteiger partial charge in [0, 0.05) is 50.0 Å². The first-order valence-corrected chi connectivity index (χ1v) is 20.1. The van der Waals surface area contributed by atoms with Gasteiger partial charge in [-0.1, -0.05) is 152 Å². The summed E-state index contributed by atoms with van der Waals surface area (Å²) in [5, 5.41) is 5.18. The van der Waals surface area contributed by atoms with Crippen LogP contribution >= 0.6 is 0 Å². The van der Waals surface area contributed by atoms with Crippen LogP contribution in [0.1, 0.15) is 0 Å². The van der Waals surface area contributed by atoms with Crippen molar-refractivity contribution in [2.75, 3.05) is 9.80 Å². The molecule has 0 atom stereocenters. The molecule has 4 heterocycles. The predicted molar refractivity (Wildman–Crippen MR) is 246 cm³/mol. The quantitative estimate of drug-likeness (QED) is 0.167. The first-order chi connectivity index (χ1) is 28.8. The molecule has 4 heteroatoms. The summed E-state index contributed by atoms with van der Waals surface area (Å²) < 4.78 is 2.51. The molecule has 0 bridgehead atoms. The summed E-state index contributed by atoms with van der Waals surface area (Å²) in [6.45, 7) is 0.0209. The van der Waals surface area contributed by atoms with E-state index in [0.29, 0.717) is 0 Å². The zero-order valence-corrected chi connectivity index (χ0v) is 31.5. The second-order valence-electron chi connectivity index (χ2n) is 15.7. The molecule has 0 radical (unpaired) electrons. The Morgan fingerprint density at radius 1 is 0.345 bits per heavy atom. The van der Waals surface area contributed by atoms with Gasteiger partial charge in [0.25, 0.3) is 6.71 Å². The highest BCUT2D eigenvalue weighted by atomic mass is 15.2. The number of nitrogens with zero attached hydrogens (tertiary/aromatic N) is 3. The van der Waals surface area contributed by atoms with Gasteiger partial charge in [0.05, 0.1) is 22.2 Å². The van der Waals surface area contributed by atoms with Gasteiger partial charge in [0.15, 0.2) is 0 Å². The lowest BCUT2D eigenvalue weighted by molar-refractivity contribution is 1.26. The van der Waals surface area contributed by atoms with E-state index >= 15 is 0 Å². The highest BCUT2D eigenvalue weighted by Crippen LogP contribution is 2.50. The van der Waals surface area contributed by atoms with E-state index in [4.69, 9.17) is 0 Å². The SMILES string of the molecule is c1ccc(-c2ccc(N3c4ccccc4B4c5cc6c7ccccc7n7c8ccccc8c(c5N(c5ccc(-c8ccccc8)cc5)c5cccc3c54)c67)cc2)cc1. The highest BCUT2D eigenvalue weighted by Gasteiger charge is 2.44. The van der Waals surface area contributed by atoms with Crippen molar-refractivity contribution in [2.45, 2.75) is 0 Å². The highest BCUT2D eigenvalue weighted by molar-refractivity contribution is 7.00. The number of aromatic nitrogens is 1. The summed E-state index contributed by atoms with van der Waals surface area (Å²) in [5.74, 6) is 0. The Hall–Kier alpha value is -7.56. The number of rotatable bonds is 4. The van der Waals surface area contributed by atoms with E-state index in [1.54, 1.807) is 0 Å². The van der Waals surface area contributed by atoms with Crippen LogP contribution in [0.3, 0.4) is 0 Å². The van der Waals surface area contributed by atoms with Gasteiger partial charge in [0.2, 0.25) is 0 Å². The summed E-state index contributed by atoms with van der Waals surface area (Å²) in [4.78, 5) is 5.06. The molecule has 13 rings (SSSR count). The zero-order valence-electron chi connectivity index (χ0n) is 31.5. The van der Waals surface area contributed by atoms with E-state index in [0.717, 1.165) is 11.4 Å². The molecule has 0 saturated heterocycles. The summed E-state index contributed by atoms with van der Waals surface area (Å²) >= 11 is 0. The minimum Gasteiger partial charge on any atom is -0.311 e. The van der Waals surface area contributed by atoms with Gasteiger partial charge < -0.3 is 14.2 Å². The van der Waals surface area contributed by atoms with Crippen LogP contribution in [0.4, 0.5) is 34.1 Å². The minimum atomic E-state index is 0.0209. The second-order valence-corrected chi connectivity index (χ2v) is 15.7. The maximum absolute atomic E-state index is 2.57. The van der Waals surface area contributed by atoms with Gasteiger partial charge in [-0.3, -0.25) is 0 Å². The number of fused-ring (bicyclic) bond motifs is 11. The molecule has 0 spiro atoms. The van der Waals surface area contributed by atoms with Crippen LogP contribution < -0.4 is 26.2 Å². The summed E-state index contributed by atoms with van der Waals surface area (Å²) in [6.07, 6.45) is 0. The Morgan fingerprint density at radius 3 is 1.52 bits per heavy atom. The molecule has 0 amide bonds. The van der Waals surface area contributed by atoms with Crippen LogP contribution in [-0.4, -0.2) is 11.1 Å². The van der Waals surface area contributed by atoms with Crippen LogP contribution in [0, 0.1) is 0 Å². The van der Waals surface area contributed by atoms with Gasteiger partial charge in [-0.05, 0) is 93.2 Å². The van der Waals surface area contributed by atoms with Crippen molar-refractivity contribution in [1.29, 1.82) is 0 Å². The largest absolute Gasteiger partial charge is 0.311 e. The fraction of sp³-hybridized carbons (Fsp3) is 0. The first-order valence-electron chi connectivity index (χ1n) is 20.1. The third-order valence-corrected chi connectivity index (χ3v) is 12.7. The smallest absolute Gasteiger partial charge is 0.252 e. The van der Waals surface area contributed by atoms with Crippen LogP contribution in [-0.2, 0) is 0 Å². The average molecular weight is 736 g/mol. The van der Waals surface area contributed by atoms with E-state index in [2.05, 4.69) is 220 Å². The summed E-state index contributed by atoms with van der Waals surface area (Å²) in [6, 6.07) is 76.1. The Labute approximate surface area is 336 Å². The van der Waals surface area contributed by atoms with Gasteiger partial charge in [0.1, 0.15) is 0 Å². The maximum atomic E-state index is 2.57.